The van der Waals surface area contributed by atoms with E-state index in [1.807, 2.05) is 24.3 Å². The van der Waals surface area contributed by atoms with Gasteiger partial charge in [0.15, 0.2) is 5.78 Å². The molecule has 18 heavy (non-hydrogen) atoms. The number of carbonyl (C=O) groups excluding carboxylic acids is 2. The fourth-order valence-electron chi connectivity index (χ4n) is 2.34. The molecular weight excluding hydrogens is 224 g/mol. The summed E-state index contributed by atoms with van der Waals surface area (Å²) >= 11 is 0. The predicted octanol–water partition coefficient (Wildman–Crippen LogP) is 3.58. The van der Waals surface area contributed by atoms with Crippen LogP contribution in [0.5, 0.6) is 0 Å². The van der Waals surface area contributed by atoms with E-state index in [9.17, 15) is 9.59 Å². The molecule has 1 aliphatic rings. The fraction of sp³-hybridized carbons (Fsp3) is 0.500. The maximum atomic E-state index is 12.3. The zero-order valence-corrected chi connectivity index (χ0v) is 11.2. The number of rotatable bonds is 6. The number of aryl methyl sites for hydroxylation is 1. The summed E-state index contributed by atoms with van der Waals surface area (Å²) in [5.41, 5.74) is 1.27. The lowest BCUT2D eigenvalue weighted by Gasteiger charge is -2.10. The normalized spacial score (nSPS) is 16.3. The molecular formula is C16H20O2. The number of carbonyl (C=O) groups is 2. The third kappa shape index (κ3) is 2.38. The molecule has 0 radical (unpaired) electrons. The highest BCUT2D eigenvalue weighted by Gasteiger charge is 2.53. The lowest BCUT2D eigenvalue weighted by molar-refractivity contribution is -0.120. The molecule has 96 valence electrons. The van der Waals surface area contributed by atoms with Gasteiger partial charge in [-0.15, -0.1) is 0 Å². The summed E-state index contributed by atoms with van der Waals surface area (Å²) in [6.45, 7) is 3.70. The summed E-state index contributed by atoms with van der Waals surface area (Å²) in [6.07, 6.45) is 4.85. The second kappa shape index (κ2) is 5.05. The van der Waals surface area contributed by atoms with Gasteiger partial charge in [0.25, 0.3) is 0 Å². The van der Waals surface area contributed by atoms with Crippen molar-refractivity contribution in [2.75, 3.05) is 0 Å². The molecule has 2 rings (SSSR count). The van der Waals surface area contributed by atoms with Crippen LogP contribution in [-0.2, 0) is 11.2 Å². The molecule has 0 unspecified atom stereocenters. The van der Waals surface area contributed by atoms with Crippen molar-refractivity contribution in [2.24, 2.45) is 5.41 Å². The topological polar surface area (TPSA) is 34.1 Å². The molecule has 1 aromatic rings. The summed E-state index contributed by atoms with van der Waals surface area (Å²) in [7, 11) is 0. The van der Waals surface area contributed by atoms with Crippen LogP contribution in [-0.4, -0.2) is 11.6 Å². The summed E-state index contributed by atoms with van der Waals surface area (Å²) in [5, 5.41) is 0. The van der Waals surface area contributed by atoms with Gasteiger partial charge in [-0.05, 0) is 38.2 Å². The lowest BCUT2D eigenvalue weighted by Crippen LogP contribution is -2.23. The van der Waals surface area contributed by atoms with Crippen molar-refractivity contribution < 1.29 is 9.59 Å². The van der Waals surface area contributed by atoms with Crippen LogP contribution < -0.4 is 0 Å². The van der Waals surface area contributed by atoms with Gasteiger partial charge in [-0.2, -0.15) is 0 Å². The molecule has 0 amide bonds. The van der Waals surface area contributed by atoms with E-state index in [2.05, 4.69) is 6.92 Å². The molecule has 0 heterocycles. The molecule has 0 saturated heterocycles. The molecule has 1 fully saturated rings. The molecule has 1 saturated carbocycles. The van der Waals surface area contributed by atoms with Gasteiger partial charge in [0, 0.05) is 5.56 Å². The van der Waals surface area contributed by atoms with Crippen LogP contribution in [0, 0.1) is 5.41 Å². The van der Waals surface area contributed by atoms with Crippen LogP contribution in [0.15, 0.2) is 24.3 Å². The Hall–Kier alpha value is -1.44. The molecule has 0 aliphatic heterocycles. The Labute approximate surface area is 108 Å². The number of hydrogen-bond donors (Lipinski definition) is 0. The Morgan fingerprint density at radius 2 is 1.78 bits per heavy atom. The standard InChI is InChI=1S/C16H20O2/c1-3-4-5-13-6-8-14(9-7-13)15(18)16(10-11-16)12(2)17/h6-9H,3-5,10-11H2,1-2H3. The smallest absolute Gasteiger partial charge is 0.176 e. The second-order valence-corrected chi connectivity index (χ2v) is 5.27. The third-order valence-electron chi connectivity index (χ3n) is 3.89. The minimum absolute atomic E-state index is 0.0111. The maximum Gasteiger partial charge on any atom is 0.176 e. The van der Waals surface area contributed by atoms with Gasteiger partial charge in [-0.1, -0.05) is 37.6 Å². The van der Waals surface area contributed by atoms with Gasteiger partial charge in [-0.25, -0.2) is 0 Å². The van der Waals surface area contributed by atoms with Gasteiger partial charge in [-0.3, -0.25) is 9.59 Å². The number of hydrogen-bond acceptors (Lipinski definition) is 2. The van der Waals surface area contributed by atoms with E-state index in [0.717, 1.165) is 19.3 Å². The van der Waals surface area contributed by atoms with Crippen LogP contribution in [0.3, 0.4) is 0 Å². The highest BCUT2D eigenvalue weighted by Crippen LogP contribution is 2.48. The molecule has 0 aromatic heterocycles. The molecule has 1 aliphatic carbocycles. The van der Waals surface area contributed by atoms with Crippen LogP contribution in [0.25, 0.3) is 0 Å². The number of ketones is 2. The zero-order valence-electron chi connectivity index (χ0n) is 11.2. The van der Waals surface area contributed by atoms with Crippen LogP contribution >= 0.6 is 0 Å². The van der Waals surface area contributed by atoms with Crippen LogP contribution in [0.4, 0.5) is 0 Å². The monoisotopic (exact) mass is 244 g/mol. The first-order chi connectivity index (χ1) is 8.60. The second-order valence-electron chi connectivity index (χ2n) is 5.27. The Morgan fingerprint density at radius 1 is 1.17 bits per heavy atom. The van der Waals surface area contributed by atoms with Crippen molar-refractivity contribution in [1.82, 2.24) is 0 Å². The van der Waals surface area contributed by atoms with E-state index >= 15 is 0 Å². The van der Waals surface area contributed by atoms with Gasteiger partial charge in [0.1, 0.15) is 5.78 Å². The van der Waals surface area contributed by atoms with Crippen molar-refractivity contribution in [3.63, 3.8) is 0 Å². The van der Waals surface area contributed by atoms with Gasteiger partial charge < -0.3 is 0 Å². The van der Waals surface area contributed by atoms with Gasteiger partial charge in [0.2, 0.25) is 0 Å². The minimum Gasteiger partial charge on any atom is -0.299 e. The van der Waals surface area contributed by atoms with Gasteiger partial charge in [0.05, 0.1) is 5.41 Å². The SMILES string of the molecule is CCCCc1ccc(C(=O)C2(C(C)=O)CC2)cc1. The molecule has 1 aromatic carbocycles. The Morgan fingerprint density at radius 3 is 2.22 bits per heavy atom. The van der Waals surface area contributed by atoms with Crippen molar-refractivity contribution in [3.05, 3.63) is 35.4 Å². The van der Waals surface area contributed by atoms with Crippen LogP contribution in [0.1, 0.15) is 55.5 Å². The molecule has 0 atom stereocenters. The van der Waals surface area contributed by atoms with Gasteiger partial charge >= 0.3 is 0 Å². The summed E-state index contributed by atoms with van der Waals surface area (Å²) in [6, 6.07) is 7.77. The Balaban J connectivity index is 2.10. The largest absolute Gasteiger partial charge is 0.299 e. The van der Waals surface area contributed by atoms with Crippen molar-refractivity contribution in [3.8, 4) is 0 Å². The third-order valence-corrected chi connectivity index (χ3v) is 3.89. The number of unbranched alkanes of at least 4 members (excludes halogenated alkanes) is 1. The highest BCUT2D eigenvalue weighted by atomic mass is 16.2. The highest BCUT2D eigenvalue weighted by molar-refractivity contribution is 6.16. The predicted molar refractivity (Wildman–Crippen MR) is 71.7 cm³/mol. The summed E-state index contributed by atoms with van der Waals surface area (Å²) in [5.74, 6) is 0.0274. The molecule has 2 nitrogen and oxygen atoms in total. The van der Waals surface area contributed by atoms with E-state index < -0.39 is 5.41 Å². The molecule has 0 bridgehead atoms. The quantitative estimate of drug-likeness (QED) is 0.566. The van der Waals surface area contributed by atoms with E-state index in [4.69, 9.17) is 0 Å². The number of benzene rings is 1. The molecule has 0 N–H and O–H groups in total. The van der Waals surface area contributed by atoms with E-state index in [1.165, 1.54) is 25.3 Å². The average molecular weight is 244 g/mol. The maximum absolute atomic E-state index is 12.3. The first-order valence-electron chi connectivity index (χ1n) is 6.75. The zero-order chi connectivity index (χ0) is 13.2. The number of Topliss-reactive ketones (excluding diaryl/α,β-unsaturated/α-hetero) is 2. The first kappa shape index (κ1) is 13.0. The van der Waals surface area contributed by atoms with Crippen molar-refractivity contribution >= 4 is 11.6 Å². The minimum atomic E-state index is -0.676. The molecule has 0 spiro atoms. The van der Waals surface area contributed by atoms with Crippen molar-refractivity contribution in [2.45, 2.75) is 46.0 Å². The average Bonchev–Trinajstić information content (AvgIpc) is 3.17. The lowest BCUT2D eigenvalue weighted by atomic mass is 9.90. The molecule has 2 heteroatoms. The van der Waals surface area contributed by atoms with E-state index in [0.29, 0.717) is 5.56 Å². The fourth-order valence-corrected chi connectivity index (χ4v) is 2.34. The Kier molecular flexibility index (Phi) is 3.65. The summed E-state index contributed by atoms with van der Waals surface area (Å²) < 4.78 is 0. The van der Waals surface area contributed by atoms with E-state index in [-0.39, 0.29) is 11.6 Å². The van der Waals surface area contributed by atoms with Crippen LogP contribution in [0.2, 0.25) is 0 Å². The Bertz CT molecular complexity index is 452. The first-order valence-corrected chi connectivity index (χ1v) is 6.75. The van der Waals surface area contributed by atoms with E-state index in [1.54, 1.807) is 0 Å². The summed E-state index contributed by atoms with van der Waals surface area (Å²) in [4.78, 5) is 23.8. The van der Waals surface area contributed by atoms with Crippen molar-refractivity contribution in [1.29, 1.82) is 0 Å².